The number of tetrazole rings is 1. The number of carbonyl (C=O) groups excluding carboxylic acids is 2. The van der Waals surface area contributed by atoms with Gasteiger partial charge in [0.05, 0.1) is 6.42 Å². The van der Waals surface area contributed by atoms with Crippen molar-refractivity contribution in [1.82, 2.24) is 30.6 Å². The second kappa shape index (κ2) is 6.08. The van der Waals surface area contributed by atoms with Crippen molar-refractivity contribution in [2.45, 2.75) is 12.8 Å². The molecule has 3 heterocycles. The third-order valence-corrected chi connectivity index (χ3v) is 3.06. The summed E-state index contributed by atoms with van der Waals surface area (Å²) in [5, 5.41) is 12.4. The number of H-pyrrole nitrogens is 2. The lowest BCUT2D eigenvalue weighted by Crippen LogP contribution is -2.18. The number of hydrogen-bond donors (Lipinski definition) is 2. The lowest BCUT2D eigenvalue weighted by atomic mass is 10.1. The first-order valence-corrected chi connectivity index (χ1v) is 6.60. The Labute approximate surface area is 125 Å². The molecule has 0 bridgehead atoms. The van der Waals surface area contributed by atoms with Crippen molar-refractivity contribution in [2.24, 2.45) is 0 Å². The Hall–Kier alpha value is -3.16. The SMILES string of the molecule is O=C(Cc1ccc(Cc2ccccn2)[nH]1)C(=O)c1nn[nH]n1. The van der Waals surface area contributed by atoms with Gasteiger partial charge >= 0.3 is 0 Å². The summed E-state index contributed by atoms with van der Waals surface area (Å²) in [6.45, 7) is 0. The zero-order chi connectivity index (χ0) is 15.4. The first-order chi connectivity index (χ1) is 10.7. The van der Waals surface area contributed by atoms with Gasteiger partial charge in [-0.2, -0.15) is 5.21 Å². The average Bonchev–Trinajstić information content (AvgIpc) is 3.19. The molecule has 0 saturated heterocycles. The highest BCUT2D eigenvalue weighted by Crippen LogP contribution is 2.09. The zero-order valence-corrected chi connectivity index (χ0v) is 11.5. The fraction of sp³-hybridized carbons (Fsp3) is 0.143. The Morgan fingerprint density at radius 3 is 2.68 bits per heavy atom. The number of nitrogens with zero attached hydrogens (tertiary/aromatic N) is 4. The summed E-state index contributed by atoms with van der Waals surface area (Å²) in [6, 6.07) is 9.34. The monoisotopic (exact) mass is 296 g/mol. The highest BCUT2D eigenvalue weighted by atomic mass is 16.2. The smallest absolute Gasteiger partial charge is 0.269 e. The number of pyridine rings is 1. The van der Waals surface area contributed by atoms with Crippen molar-refractivity contribution >= 4 is 11.6 Å². The number of aromatic nitrogens is 6. The Bertz CT molecular complexity index is 779. The van der Waals surface area contributed by atoms with E-state index in [1.807, 2.05) is 24.3 Å². The van der Waals surface area contributed by atoms with Crippen LogP contribution in [0.2, 0.25) is 0 Å². The van der Waals surface area contributed by atoms with Gasteiger partial charge in [0.15, 0.2) is 0 Å². The fourth-order valence-electron chi connectivity index (χ4n) is 2.03. The van der Waals surface area contributed by atoms with Crippen LogP contribution in [-0.4, -0.2) is 42.2 Å². The highest BCUT2D eigenvalue weighted by Gasteiger charge is 2.21. The normalized spacial score (nSPS) is 10.5. The standard InChI is InChI=1S/C14H12N6O2/c21-12(13(22)14-17-19-20-18-14)8-11-5-4-10(16-11)7-9-3-1-2-6-15-9/h1-6,16H,7-8H2,(H,17,18,19,20). The minimum Gasteiger partial charge on any atom is -0.362 e. The van der Waals surface area contributed by atoms with Crippen LogP contribution in [0.15, 0.2) is 36.5 Å². The Kier molecular flexibility index (Phi) is 3.82. The number of Topliss-reactive ketones (excluding diaryl/α,β-unsaturated/α-hetero) is 2. The Morgan fingerprint density at radius 1 is 1.09 bits per heavy atom. The van der Waals surface area contributed by atoms with Crippen LogP contribution in [0.1, 0.15) is 27.7 Å². The van der Waals surface area contributed by atoms with Gasteiger partial charge in [0.2, 0.25) is 11.6 Å². The third kappa shape index (κ3) is 3.11. The van der Waals surface area contributed by atoms with Gasteiger partial charge in [0.25, 0.3) is 5.78 Å². The quantitative estimate of drug-likeness (QED) is 0.505. The molecule has 0 aliphatic carbocycles. The van der Waals surface area contributed by atoms with E-state index in [0.717, 1.165) is 11.4 Å². The summed E-state index contributed by atoms with van der Waals surface area (Å²) >= 11 is 0. The van der Waals surface area contributed by atoms with Crippen molar-refractivity contribution in [3.63, 3.8) is 0 Å². The van der Waals surface area contributed by atoms with Crippen LogP contribution in [-0.2, 0) is 17.6 Å². The molecule has 3 aromatic rings. The summed E-state index contributed by atoms with van der Waals surface area (Å²) in [5.74, 6) is -1.56. The van der Waals surface area contributed by atoms with E-state index in [-0.39, 0.29) is 12.2 Å². The van der Waals surface area contributed by atoms with Gasteiger partial charge in [-0.1, -0.05) is 6.07 Å². The number of ketones is 2. The molecule has 110 valence electrons. The van der Waals surface area contributed by atoms with Crippen molar-refractivity contribution in [3.8, 4) is 0 Å². The first kappa shape index (κ1) is 13.8. The third-order valence-electron chi connectivity index (χ3n) is 3.06. The van der Waals surface area contributed by atoms with Crippen LogP contribution in [0, 0.1) is 0 Å². The first-order valence-electron chi connectivity index (χ1n) is 6.60. The maximum absolute atomic E-state index is 11.9. The van der Waals surface area contributed by atoms with Crippen LogP contribution in [0.4, 0.5) is 0 Å². The summed E-state index contributed by atoms with van der Waals surface area (Å²) in [7, 11) is 0. The molecule has 3 rings (SSSR count). The molecule has 0 spiro atoms. The summed E-state index contributed by atoms with van der Waals surface area (Å²) in [5.41, 5.74) is 2.51. The largest absolute Gasteiger partial charge is 0.362 e. The molecule has 3 aromatic heterocycles. The van der Waals surface area contributed by atoms with Gasteiger partial charge in [0.1, 0.15) is 0 Å². The molecule has 0 aliphatic rings. The molecule has 0 saturated carbocycles. The van der Waals surface area contributed by atoms with E-state index in [1.54, 1.807) is 12.3 Å². The molecule has 8 nitrogen and oxygen atoms in total. The predicted molar refractivity (Wildman–Crippen MR) is 75.1 cm³/mol. The van der Waals surface area contributed by atoms with Gasteiger partial charge in [-0.3, -0.25) is 14.6 Å². The second-order valence-electron chi connectivity index (χ2n) is 4.67. The molecule has 0 radical (unpaired) electrons. The van der Waals surface area contributed by atoms with E-state index < -0.39 is 11.6 Å². The lowest BCUT2D eigenvalue weighted by Gasteiger charge is -1.98. The van der Waals surface area contributed by atoms with Crippen molar-refractivity contribution < 1.29 is 9.59 Å². The van der Waals surface area contributed by atoms with E-state index in [4.69, 9.17) is 0 Å². The molecule has 0 amide bonds. The van der Waals surface area contributed by atoms with Gasteiger partial charge < -0.3 is 4.98 Å². The average molecular weight is 296 g/mol. The van der Waals surface area contributed by atoms with Crippen LogP contribution < -0.4 is 0 Å². The van der Waals surface area contributed by atoms with E-state index in [0.29, 0.717) is 12.1 Å². The van der Waals surface area contributed by atoms with Gasteiger partial charge in [-0.15, -0.1) is 10.2 Å². The molecule has 22 heavy (non-hydrogen) atoms. The number of aromatic amines is 2. The summed E-state index contributed by atoms with van der Waals surface area (Å²) in [6.07, 6.45) is 2.33. The fourth-order valence-corrected chi connectivity index (χ4v) is 2.03. The van der Waals surface area contributed by atoms with Crippen LogP contribution in [0.25, 0.3) is 0 Å². The van der Waals surface area contributed by atoms with E-state index in [2.05, 4.69) is 30.6 Å². The number of nitrogens with one attached hydrogen (secondary N) is 2. The lowest BCUT2D eigenvalue weighted by molar-refractivity contribution is -0.114. The second-order valence-corrected chi connectivity index (χ2v) is 4.67. The van der Waals surface area contributed by atoms with Crippen molar-refractivity contribution in [2.75, 3.05) is 0 Å². The van der Waals surface area contributed by atoms with Crippen molar-refractivity contribution in [1.29, 1.82) is 0 Å². The minimum atomic E-state index is -0.755. The number of carbonyl (C=O) groups is 2. The van der Waals surface area contributed by atoms with E-state index in [1.165, 1.54) is 0 Å². The maximum atomic E-state index is 11.9. The molecule has 2 N–H and O–H groups in total. The summed E-state index contributed by atoms with van der Waals surface area (Å²) in [4.78, 5) is 31.0. The molecule has 0 aliphatic heterocycles. The highest BCUT2D eigenvalue weighted by molar-refractivity contribution is 6.42. The molecule has 0 atom stereocenters. The molecule has 0 fully saturated rings. The molecular weight excluding hydrogens is 284 g/mol. The number of hydrogen-bond acceptors (Lipinski definition) is 6. The van der Waals surface area contributed by atoms with E-state index >= 15 is 0 Å². The van der Waals surface area contributed by atoms with Gasteiger partial charge in [0, 0.05) is 29.7 Å². The van der Waals surface area contributed by atoms with Gasteiger partial charge in [-0.05, 0) is 29.5 Å². The van der Waals surface area contributed by atoms with E-state index in [9.17, 15) is 9.59 Å². The zero-order valence-electron chi connectivity index (χ0n) is 11.5. The summed E-state index contributed by atoms with van der Waals surface area (Å²) < 4.78 is 0. The topological polar surface area (TPSA) is 117 Å². The molecule has 0 unspecified atom stereocenters. The molecular formula is C14H12N6O2. The van der Waals surface area contributed by atoms with Crippen LogP contribution >= 0.6 is 0 Å². The maximum Gasteiger partial charge on any atom is 0.269 e. The Morgan fingerprint density at radius 2 is 1.95 bits per heavy atom. The molecule has 8 heteroatoms. The van der Waals surface area contributed by atoms with Crippen molar-refractivity contribution in [3.05, 3.63) is 59.4 Å². The number of rotatable bonds is 6. The van der Waals surface area contributed by atoms with Gasteiger partial charge in [-0.25, -0.2) is 0 Å². The minimum absolute atomic E-state index is 0.0322. The van der Waals surface area contributed by atoms with Crippen LogP contribution in [0.3, 0.4) is 0 Å². The molecule has 0 aromatic carbocycles. The predicted octanol–water partition coefficient (Wildman–Crippen LogP) is 0.508. The van der Waals surface area contributed by atoms with Crippen LogP contribution in [0.5, 0.6) is 0 Å². The Balaban J connectivity index is 1.64.